The quantitative estimate of drug-likeness (QED) is 0.468. The van der Waals surface area contributed by atoms with Crippen molar-refractivity contribution < 1.29 is 13.6 Å². The third kappa shape index (κ3) is 3.24. The Hall–Kier alpha value is -2.99. The molecule has 1 amide bonds. The summed E-state index contributed by atoms with van der Waals surface area (Å²) >= 11 is 1.57. The van der Waals surface area contributed by atoms with E-state index < -0.39 is 0 Å². The van der Waals surface area contributed by atoms with Crippen molar-refractivity contribution in [2.75, 3.05) is 7.05 Å². The van der Waals surface area contributed by atoms with E-state index in [4.69, 9.17) is 4.42 Å². The fourth-order valence-corrected chi connectivity index (χ4v) is 3.91. The Bertz CT molecular complexity index is 1090. The van der Waals surface area contributed by atoms with Gasteiger partial charge in [-0.1, -0.05) is 24.3 Å². The minimum Gasteiger partial charge on any atom is -0.451 e. The lowest BCUT2D eigenvalue weighted by atomic mass is 10.1. The molecule has 4 aromatic rings. The number of carbonyl (C=O) groups excluding carboxylic acids is 1. The average molecular weight is 380 g/mol. The fraction of sp³-hybridized carbons (Fsp3) is 0.143. The molecule has 0 saturated carbocycles. The minimum absolute atomic E-state index is 0.170. The highest BCUT2D eigenvalue weighted by atomic mass is 32.1. The predicted octanol–water partition coefficient (Wildman–Crippen LogP) is 5.53. The van der Waals surface area contributed by atoms with Crippen molar-refractivity contribution in [3.05, 3.63) is 77.2 Å². The van der Waals surface area contributed by atoms with Crippen molar-refractivity contribution >= 4 is 27.5 Å². The first-order chi connectivity index (χ1) is 13.0. The van der Waals surface area contributed by atoms with Crippen LogP contribution >= 0.6 is 11.3 Å². The molecule has 0 spiro atoms. The number of hydrogen-bond acceptors (Lipinski definition) is 4. The molecule has 0 aliphatic heterocycles. The molecule has 0 aliphatic rings. The number of fused-ring (bicyclic) bond motifs is 1. The van der Waals surface area contributed by atoms with Crippen LogP contribution in [0.1, 0.15) is 28.5 Å². The van der Waals surface area contributed by atoms with Crippen molar-refractivity contribution in [1.82, 2.24) is 9.88 Å². The Morgan fingerprint density at radius 3 is 2.63 bits per heavy atom. The van der Waals surface area contributed by atoms with E-state index in [1.54, 1.807) is 53.6 Å². The van der Waals surface area contributed by atoms with Crippen LogP contribution in [0, 0.1) is 5.82 Å². The maximum atomic E-state index is 13.9. The molecule has 27 heavy (non-hydrogen) atoms. The van der Waals surface area contributed by atoms with Gasteiger partial charge in [-0.05, 0) is 43.3 Å². The van der Waals surface area contributed by atoms with E-state index in [2.05, 4.69) is 4.98 Å². The molecule has 1 atom stereocenters. The molecule has 0 aliphatic carbocycles. The van der Waals surface area contributed by atoms with Gasteiger partial charge in [0.25, 0.3) is 5.91 Å². The molecule has 2 aromatic heterocycles. The van der Waals surface area contributed by atoms with Crippen LogP contribution in [-0.2, 0) is 0 Å². The normalized spacial score (nSPS) is 12.3. The monoisotopic (exact) mass is 380 g/mol. The number of para-hydroxylation sites is 1. The molecule has 4 rings (SSSR count). The summed E-state index contributed by atoms with van der Waals surface area (Å²) < 4.78 is 20.6. The summed E-state index contributed by atoms with van der Waals surface area (Å²) in [5.41, 5.74) is 1.25. The van der Waals surface area contributed by atoms with Gasteiger partial charge in [-0.3, -0.25) is 4.79 Å². The molecule has 1 unspecified atom stereocenters. The number of carbonyl (C=O) groups is 1. The third-order valence-corrected chi connectivity index (χ3v) is 5.73. The molecular formula is C21H17FN2O2S. The number of aromatic nitrogens is 1. The Morgan fingerprint density at radius 1 is 1.11 bits per heavy atom. The van der Waals surface area contributed by atoms with Crippen LogP contribution in [0.2, 0.25) is 0 Å². The topological polar surface area (TPSA) is 46.3 Å². The molecular weight excluding hydrogens is 363 g/mol. The third-order valence-electron chi connectivity index (χ3n) is 4.53. The van der Waals surface area contributed by atoms with E-state index in [9.17, 15) is 9.18 Å². The van der Waals surface area contributed by atoms with Gasteiger partial charge in [0.15, 0.2) is 5.76 Å². The van der Waals surface area contributed by atoms with Crippen LogP contribution in [0.3, 0.4) is 0 Å². The number of amides is 1. The lowest BCUT2D eigenvalue weighted by Crippen LogP contribution is -2.29. The number of thiazole rings is 1. The summed E-state index contributed by atoms with van der Waals surface area (Å²) in [6.45, 7) is 1.93. The fourth-order valence-electron chi connectivity index (χ4n) is 2.84. The summed E-state index contributed by atoms with van der Waals surface area (Å²) in [5.74, 6) is -0.160. The smallest absolute Gasteiger partial charge is 0.289 e. The van der Waals surface area contributed by atoms with Crippen molar-refractivity contribution in [3.8, 4) is 11.3 Å². The van der Waals surface area contributed by atoms with Crippen LogP contribution in [0.15, 0.2) is 65.1 Å². The first-order valence-electron chi connectivity index (χ1n) is 8.52. The van der Waals surface area contributed by atoms with Crippen molar-refractivity contribution in [2.45, 2.75) is 13.0 Å². The summed E-state index contributed by atoms with van der Waals surface area (Å²) in [6, 6.07) is 17.2. The van der Waals surface area contributed by atoms with Crippen molar-refractivity contribution in [3.63, 3.8) is 0 Å². The average Bonchev–Trinajstić information content (AvgIpc) is 3.33. The van der Waals surface area contributed by atoms with Gasteiger partial charge in [-0.25, -0.2) is 9.37 Å². The first kappa shape index (κ1) is 17.4. The van der Waals surface area contributed by atoms with Gasteiger partial charge >= 0.3 is 0 Å². The van der Waals surface area contributed by atoms with E-state index in [0.717, 1.165) is 15.2 Å². The van der Waals surface area contributed by atoms with Gasteiger partial charge in [-0.15, -0.1) is 11.3 Å². The zero-order valence-corrected chi connectivity index (χ0v) is 15.7. The summed E-state index contributed by atoms with van der Waals surface area (Å²) in [6.07, 6.45) is 0. The second-order valence-electron chi connectivity index (χ2n) is 6.26. The highest BCUT2D eigenvalue weighted by molar-refractivity contribution is 7.18. The Labute approximate surface area is 159 Å². The number of nitrogens with zero attached hydrogens (tertiary/aromatic N) is 2. The second kappa shape index (κ2) is 6.96. The van der Waals surface area contributed by atoms with E-state index in [0.29, 0.717) is 11.3 Å². The van der Waals surface area contributed by atoms with Crippen LogP contribution in [0.25, 0.3) is 21.5 Å². The van der Waals surface area contributed by atoms with E-state index in [1.165, 1.54) is 6.07 Å². The predicted molar refractivity (Wildman–Crippen MR) is 104 cm³/mol. The zero-order valence-electron chi connectivity index (χ0n) is 14.8. The SMILES string of the molecule is CC(c1nc2ccccc2s1)N(C)C(=O)c1ccc(-c2ccccc2F)o1. The lowest BCUT2D eigenvalue weighted by molar-refractivity contribution is 0.0711. The second-order valence-corrected chi connectivity index (χ2v) is 7.32. The first-order valence-corrected chi connectivity index (χ1v) is 9.33. The molecule has 0 fully saturated rings. The maximum absolute atomic E-state index is 13.9. The molecule has 2 heterocycles. The van der Waals surface area contributed by atoms with Crippen molar-refractivity contribution in [2.24, 2.45) is 0 Å². The van der Waals surface area contributed by atoms with E-state index >= 15 is 0 Å². The largest absolute Gasteiger partial charge is 0.451 e. The molecule has 0 saturated heterocycles. The van der Waals surface area contributed by atoms with Gasteiger partial charge in [0, 0.05) is 7.05 Å². The van der Waals surface area contributed by atoms with Gasteiger partial charge in [0.05, 0.1) is 21.8 Å². The molecule has 4 nitrogen and oxygen atoms in total. The zero-order chi connectivity index (χ0) is 19.0. The van der Waals surface area contributed by atoms with Gasteiger partial charge in [0.2, 0.25) is 0 Å². The highest BCUT2D eigenvalue weighted by Gasteiger charge is 2.24. The number of benzene rings is 2. The number of hydrogen-bond donors (Lipinski definition) is 0. The molecule has 0 radical (unpaired) electrons. The van der Waals surface area contributed by atoms with E-state index in [1.807, 2.05) is 31.2 Å². The van der Waals surface area contributed by atoms with Crippen LogP contribution < -0.4 is 0 Å². The molecule has 0 N–H and O–H groups in total. The van der Waals surface area contributed by atoms with Gasteiger partial charge in [0.1, 0.15) is 16.6 Å². The molecule has 6 heteroatoms. The van der Waals surface area contributed by atoms with Crippen molar-refractivity contribution in [1.29, 1.82) is 0 Å². The minimum atomic E-state index is -0.387. The maximum Gasteiger partial charge on any atom is 0.289 e. The molecule has 136 valence electrons. The molecule has 2 aromatic carbocycles. The number of rotatable bonds is 4. The summed E-state index contributed by atoms with van der Waals surface area (Å²) in [4.78, 5) is 19.0. The van der Waals surface area contributed by atoms with Gasteiger partial charge in [-0.2, -0.15) is 0 Å². The number of furan rings is 1. The van der Waals surface area contributed by atoms with Gasteiger partial charge < -0.3 is 9.32 Å². The highest BCUT2D eigenvalue weighted by Crippen LogP contribution is 2.30. The Kier molecular flexibility index (Phi) is 4.49. The van der Waals surface area contributed by atoms with E-state index in [-0.39, 0.29) is 23.5 Å². The van der Waals surface area contributed by atoms with Crippen LogP contribution in [-0.4, -0.2) is 22.8 Å². The standard InChI is InChI=1S/C21H17FN2O2S/c1-13(20-23-16-9-5-6-10-19(16)27-20)24(2)21(25)18-12-11-17(26-18)14-7-3-4-8-15(14)22/h3-13H,1-2H3. The van der Waals surface area contributed by atoms with Crippen LogP contribution in [0.5, 0.6) is 0 Å². The Balaban J connectivity index is 1.58. The number of halogens is 1. The Morgan fingerprint density at radius 2 is 1.85 bits per heavy atom. The lowest BCUT2D eigenvalue weighted by Gasteiger charge is -2.22. The summed E-state index contributed by atoms with van der Waals surface area (Å²) in [7, 11) is 1.71. The molecule has 0 bridgehead atoms. The van der Waals surface area contributed by atoms with Crippen LogP contribution in [0.4, 0.5) is 4.39 Å². The summed E-state index contributed by atoms with van der Waals surface area (Å²) in [5, 5.41) is 0.855.